The van der Waals surface area contributed by atoms with E-state index in [4.69, 9.17) is 11.6 Å². The largest absolute Gasteiger partial charge is 0.388 e. The second-order valence-electron chi connectivity index (χ2n) is 9.11. The van der Waals surface area contributed by atoms with Crippen LogP contribution in [0.5, 0.6) is 0 Å². The van der Waals surface area contributed by atoms with Gasteiger partial charge in [0.25, 0.3) is 0 Å². The number of aliphatic hydroxyl groups excluding tert-OH is 1. The Hall–Kier alpha value is -1.30. The fourth-order valence-electron chi connectivity index (χ4n) is 6.64. The normalized spacial score (nSPS) is 48.6. The van der Waals surface area contributed by atoms with Gasteiger partial charge in [-0.2, -0.15) is 0 Å². The minimum Gasteiger partial charge on any atom is -0.388 e. The summed E-state index contributed by atoms with van der Waals surface area (Å²) in [6, 6.07) is 0. The van der Waals surface area contributed by atoms with Gasteiger partial charge in [0.2, 0.25) is 0 Å². The Labute approximate surface area is 163 Å². The maximum absolute atomic E-state index is 13.3. The van der Waals surface area contributed by atoms with Gasteiger partial charge in [0, 0.05) is 23.2 Å². The number of Topliss-reactive ketones (excluding diaryl/α,β-unsaturated/α-hetero) is 2. The smallest absolute Gasteiger partial charge is 0.190 e. The Balaban J connectivity index is 1.79. The lowest BCUT2D eigenvalue weighted by Crippen LogP contribution is -2.61. The van der Waals surface area contributed by atoms with Gasteiger partial charge in [-0.3, -0.25) is 14.4 Å². The first-order valence-corrected chi connectivity index (χ1v) is 10.0. The van der Waals surface area contributed by atoms with Crippen LogP contribution >= 0.6 is 11.6 Å². The molecule has 7 atom stereocenters. The number of halogens is 1. The van der Waals surface area contributed by atoms with E-state index in [1.165, 1.54) is 6.08 Å². The van der Waals surface area contributed by atoms with Crippen molar-refractivity contribution in [3.05, 3.63) is 23.8 Å². The van der Waals surface area contributed by atoms with E-state index < -0.39 is 28.8 Å². The molecule has 3 fully saturated rings. The summed E-state index contributed by atoms with van der Waals surface area (Å²) in [4.78, 5) is 37.6. The minimum absolute atomic E-state index is 0.000723. The van der Waals surface area contributed by atoms with Crippen LogP contribution in [0.15, 0.2) is 23.8 Å². The third-order valence-electron chi connectivity index (χ3n) is 7.99. The van der Waals surface area contributed by atoms with E-state index in [-0.39, 0.29) is 47.5 Å². The van der Waals surface area contributed by atoms with Gasteiger partial charge in [0.1, 0.15) is 18.0 Å². The molecule has 3 saturated carbocycles. The first kappa shape index (κ1) is 19.0. The number of allylic oxidation sites excluding steroid dienone is 4. The molecule has 0 spiro atoms. The highest BCUT2D eigenvalue weighted by Crippen LogP contribution is 2.66. The van der Waals surface area contributed by atoms with E-state index in [1.807, 2.05) is 19.9 Å². The molecule has 6 heteroatoms. The lowest BCUT2D eigenvalue weighted by Gasteiger charge is -2.57. The third kappa shape index (κ3) is 2.28. The maximum Gasteiger partial charge on any atom is 0.190 e. The van der Waals surface area contributed by atoms with Crippen molar-refractivity contribution in [3.63, 3.8) is 0 Å². The van der Waals surface area contributed by atoms with E-state index in [1.54, 1.807) is 6.08 Å². The monoisotopic (exact) mass is 392 g/mol. The van der Waals surface area contributed by atoms with Gasteiger partial charge in [-0.15, -0.1) is 11.6 Å². The number of hydrogen-bond donors (Lipinski definition) is 2. The molecule has 0 aromatic carbocycles. The number of fused-ring (bicyclic) bond motifs is 5. The number of carbonyl (C=O) groups excluding carboxylic acids is 3. The topological polar surface area (TPSA) is 91.7 Å². The first-order chi connectivity index (χ1) is 12.6. The maximum atomic E-state index is 13.3. The summed E-state index contributed by atoms with van der Waals surface area (Å²) in [5, 5.41) is 20.2. The molecular formula is C21H25ClO5. The molecule has 2 N–H and O–H groups in total. The van der Waals surface area contributed by atoms with E-state index in [0.717, 1.165) is 5.57 Å². The molecule has 146 valence electrons. The Kier molecular flexibility index (Phi) is 4.12. The van der Waals surface area contributed by atoms with Gasteiger partial charge >= 0.3 is 0 Å². The van der Waals surface area contributed by atoms with Crippen LogP contribution in [0.1, 0.15) is 39.5 Å². The van der Waals surface area contributed by atoms with Gasteiger partial charge < -0.3 is 10.2 Å². The lowest BCUT2D eigenvalue weighted by molar-refractivity contribution is -0.168. The summed E-state index contributed by atoms with van der Waals surface area (Å²) in [6.45, 7) is 3.05. The predicted octanol–water partition coefficient (Wildman–Crippen LogP) is 1.98. The Morgan fingerprint density at radius 2 is 2.04 bits per heavy atom. The second-order valence-corrected chi connectivity index (χ2v) is 9.64. The van der Waals surface area contributed by atoms with Crippen LogP contribution in [0.2, 0.25) is 0 Å². The molecule has 4 aliphatic rings. The van der Waals surface area contributed by atoms with Crippen LogP contribution < -0.4 is 0 Å². The molecular weight excluding hydrogens is 368 g/mol. The van der Waals surface area contributed by atoms with Crippen molar-refractivity contribution in [2.45, 2.75) is 50.5 Å². The Morgan fingerprint density at radius 3 is 2.70 bits per heavy atom. The van der Waals surface area contributed by atoms with Gasteiger partial charge in [0.15, 0.2) is 11.6 Å². The molecule has 0 heterocycles. The van der Waals surface area contributed by atoms with Crippen molar-refractivity contribution < 1.29 is 24.6 Å². The Bertz CT molecular complexity index is 800. The highest BCUT2D eigenvalue weighted by molar-refractivity contribution is 6.23. The lowest BCUT2D eigenvalue weighted by atomic mass is 9.46. The summed E-state index contributed by atoms with van der Waals surface area (Å²) < 4.78 is 0. The molecule has 0 bridgehead atoms. The summed E-state index contributed by atoms with van der Waals surface area (Å²) in [5.74, 6) is -1.13. The molecule has 0 amide bonds. The standard InChI is InChI=1S/C21H25ClO5/c1-19-5-3-11(24)7-14(19)15(22)8-12-13-4-6-21(27,17(26)10-23)20(13,2)9-16(25)18(12)19/h3,5,7,12-13,15,18,23,27H,4,6,8-10H2,1-2H3/t12?,13?,15-,18?,19-,20-,21-/m0/s1. The zero-order valence-electron chi connectivity index (χ0n) is 15.6. The molecule has 0 aliphatic heterocycles. The average Bonchev–Trinajstić information content (AvgIpc) is 2.87. The van der Waals surface area contributed by atoms with Gasteiger partial charge in [-0.25, -0.2) is 0 Å². The number of aliphatic hydroxyl groups is 2. The molecule has 0 radical (unpaired) electrons. The van der Waals surface area contributed by atoms with Gasteiger partial charge in [0.05, 0.1) is 5.38 Å². The first-order valence-electron chi connectivity index (χ1n) is 9.57. The SMILES string of the molecule is C[C@]12C=CC(=O)C=C1[C@@H](Cl)CC1C2C(=O)C[C@@]2(C)C1CC[C@]2(O)C(=O)CO. The van der Waals surface area contributed by atoms with E-state index in [9.17, 15) is 24.6 Å². The van der Waals surface area contributed by atoms with Crippen molar-refractivity contribution in [2.75, 3.05) is 6.61 Å². The van der Waals surface area contributed by atoms with Crippen LogP contribution in [-0.4, -0.2) is 45.1 Å². The molecule has 27 heavy (non-hydrogen) atoms. The third-order valence-corrected chi connectivity index (χ3v) is 8.41. The van der Waals surface area contributed by atoms with Crippen LogP contribution in [0.25, 0.3) is 0 Å². The van der Waals surface area contributed by atoms with Crippen molar-refractivity contribution in [3.8, 4) is 0 Å². The number of carbonyl (C=O) groups is 3. The van der Waals surface area contributed by atoms with Crippen molar-refractivity contribution in [2.24, 2.45) is 28.6 Å². The minimum atomic E-state index is -1.68. The zero-order chi connectivity index (χ0) is 19.8. The van der Waals surface area contributed by atoms with Crippen LogP contribution in [0.3, 0.4) is 0 Å². The van der Waals surface area contributed by atoms with Crippen molar-refractivity contribution >= 4 is 29.0 Å². The summed E-state index contributed by atoms with van der Waals surface area (Å²) in [7, 11) is 0. The highest BCUT2D eigenvalue weighted by Gasteiger charge is 2.68. The number of rotatable bonds is 2. The quantitative estimate of drug-likeness (QED) is 0.701. The molecule has 3 unspecified atom stereocenters. The number of hydrogen-bond acceptors (Lipinski definition) is 5. The highest BCUT2D eigenvalue weighted by atomic mass is 35.5. The molecule has 4 aliphatic carbocycles. The molecule has 4 rings (SSSR count). The summed E-state index contributed by atoms with van der Waals surface area (Å²) in [5.41, 5.74) is -2.38. The number of ketones is 3. The fraction of sp³-hybridized carbons (Fsp3) is 0.667. The fourth-order valence-corrected chi connectivity index (χ4v) is 7.14. The van der Waals surface area contributed by atoms with Gasteiger partial charge in [-0.05, 0) is 48.8 Å². The zero-order valence-corrected chi connectivity index (χ0v) is 16.3. The average molecular weight is 393 g/mol. The van der Waals surface area contributed by atoms with Crippen molar-refractivity contribution in [1.29, 1.82) is 0 Å². The van der Waals surface area contributed by atoms with E-state index in [0.29, 0.717) is 12.8 Å². The molecule has 0 saturated heterocycles. The molecule has 5 nitrogen and oxygen atoms in total. The van der Waals surface area contributed by atoms with E-state index >= 15 is 0 Å². The van der Waals surface area contributed by atoms with Crippen LogP contribution in [0, 0.1) is 28.6 Å². The number of alkyl halides is 1. The summed E-state index contributed by atoms with van der Waals surface area (Å²) >= 11 is 6.67. The second kappa shape index (κ2) is 5.85. The molecule has 0 aromatic rings. The Morgan fingerprint density at radius 1 is 1.33 bits per heavy atom. The van der Waals surface area contributed by atoms with E-state index in [2.05, 4.69) is 0 Å². The van der Waals surface area contributed by atoms with Crippen LogP contribution in [0.4, 0.5) is 0 Å². The van der Waals surface area contributed by atoms with Crippen LogP contribution in [-0.2, 0) is 14.4 Å². The predicted molar refractivity (Wildman–Crippen MR) is 99.1 cm³/mol. The van der Waals surface area contributed by atoms with Gasteiger partial charge in [-0.1, -0.05) is 19.9 Å². The summed E-state index contributed by atoms with van der Waals surface area (Å²) in [6.07, 6.45) is 6.41. The molecule has 0 aromatic heterocycles. The van der Waals surface area contributed by atoms with Crippen molar-refractivity contribution in [1.82, 2.24) is 0 Å².